The van der Waals surface area contributed by atoms with E-state index in [0.29, 0.717) is 24.9 Å². The van der Waals surface area contributed by atoms with Gasteiger partial charge in [0, 0.05) is 39.1 Å². The number of carbonyl (C=O) groups excluding carboxylic acids is 1. The molecule has 3 saturated heterocycles. The third-order valence-corrected chi connectivity index (χ3v) is 8.85. The molecule has 0 spiro atoms. The number of rotatable bonds is 4. The average Bonchev–Trinajstić information content (AvgIpc) is 2.68. The van der Waals surface area contributed by atoms with Gasteiger partial charge in [-0.25, -0.2) is 12.7 Å². The van der Waals surface area contributed by atoms with Crippen LogP contribution in [0.2, 0.25) is 0 Å². The van der Waals surface area contributed by atoms with E-state index in [0.717, 1.165) is 25.9 Å². The van der Waals surface area contributed by atoms with E-state index in [1.807, 2.05) is 0 Å². The highest BCUT2D eigenvalue weighted by Gasteiger charge is 2.55. The SMILES string of the molecule is COC(=O)C1(S(=O)(=O)N2CCC(C3CCNCC3)CC2)CCOCC1.Cl. The number of carbonyl (C=O) groups is 1. The van der Waals surface area contributed by atoms with Crippen molar-refractivity contribution in [3.63, 3.8) is 0 Å². The minimum Gasteiger partial charge on any atom is -0.468 e. The maximum Gasteiger partial charge on any atom is 0.328 e. The molecule has 9 heteroatoms. The quantitative estimate of drug-likeness (QED) is 0.700. The van der Waals surface area contributed by atoms with Crippen molar-refractivity contribution in [3.05, 3.63) is 0 Å². The summed E-state index contributed by atoms with van der Waals surface area (Å²) in [5, 5.41) is 3.38. The van der Waals surface area contributed by atoms with Crippen molar-refractivity contribution in [1.29, 1.82) is 0 Å². The number of halogens is 1. The van der Waals surface area contributed by atoms with Crippen molar-refractivity contribution in [1.82, 2.24) is 9.62 Å². The zero-order chi connectivity index (χ0) is 17.9. The van der Waals surface area contributed by atoms with Gasteiger partial charge in [0.15, 0.2) is 4.75 Å². The van der Waals surface area contributed by atoms with Crippen molar-refractivity contribution < 1.29 is 22.7 Å². The van der Waals surface area contributed by atoms with Gasteiger partial charge in [0.25, 0.3) is 0 Å². The van der Waals surface area contributed by atoms with Gasteiger partial charge in [0.05, 0.1) is 7.11 Å². The third kappa shape index (κ3) is 4.04. The van der Waals surface area contributed by atoms with Gasteiger partial charge in [0.1, 0.15) is 0 Å². The number of nitrogens with zero attached hydrogens (tertiary/aromatic N) is 1. The first kappa shape index (κ1) is 21.9. The molecule has 0 radical (unpaired) electrons. The summed E-state index contributed by atoms with van der Waals surface area (Å²) in [6.07, 6.45) is 4.49. The fourth-order valence-electron chi connectivity index (χ4n) is 4.60. The minimum absolute atomic E-state index is 0. The summed E-state index contributed by atoms with van der Waals surface area (Å²) in [5.41, 5.74) is 0. The van der Waals surface area contributed by atoms with E-state index in [9.17, 15) is 13.2 Å². The van der Waals surface area contributed by atoms with Crippen LogP contribution in [-0.2, 0) is 24.3 Å². The van der Waals surface area contributed by atoms with E-state index >= 15 is 0 Å². The monoisotopic (exact) mass is 410 g/mol. The molecule has 3 heterocycles. The topological polar surface area (TPSA) is 84.9 Å². The lowest BCUT2D eigenvalue weighted by molar-refractivity contribution is -0.146. The van der Waals surface area contributed by atoms with Crippen LogP contribution in [0.1, 0.15) is 38.5 Å². The molecule has 152 valence electrons. The molecule has 3 aliphatic heterocycles. The van der Waals surface area contributed by atoms with E-state index < -0.39 is 20.7 Å². The number of sulfonamides is 1. The van der Waals surface area contributed by atoms with Crippen LogP contribution in [0.3, 0.4) is 0 Å². The van der Waals surface area contributed by atoms with E-state index in [1.54, 1.807) is 0 Å². The minimum atomic E-state index is -3.75. The Kier molecular flexibility index (Phi) is 7.73. The highest BCUT2D eigenvalue weighted by molar-refractivity contribution is 7.91. The molecular weight excluding hydrogens is 380 g/mol. The number of methoxy groups -OCH3 is 1. The molecule has 0 aliphatic carbocycles. The number of ether oxygens (including phenoxy) is 2. The average molecular weight is 411 g/mol. The Bertz CT molecular complexity index is 566. The molecule has 0 aromatic carbocycles. The lowest BCUT2D eigenvalue weighted by Crippen LogP contribution is -2.58. The van der Waals surface area contributed by atoms with E-state index in [4.69, 9.17) is 9.47 Å². The number of esters is 1. The summed E-state index contributed by atoms with van der Waals surface area (Å²) in [5.74, 6) is 0.650. The van der Waals surface area contributed by atoms with Crippen LogP contribution in [0.5, 0.6) is 0 Å². The summed E-state index contributed by atoms with van der Waals surface area (Å²) in [6, 6.07) is 0. The smallest absolute Gasteiger partial charge is 0.328 e. The first-order valence-electron chi connectivity index (χ1n) is 9.38. The van der Waals surface area contributed by atoms with Gasteiger partial charge in [-0.15, -0.1) is 12.4 Å². The Morgan fingerprint density at radius 2 is 1.62 bits per heavy atom. The molecular formula is C17H31ClN2O5S. The maximum atomic E-state index is 13.3. The molecule has 0 atom stereocenters. The Morgan fingerprint density at radius 3 is 2.15 bits per heavy atom. The fourth-order valence-corrected chi connectivity index (χ4v) is 6.77. The summed E-state index contributed by atoms with van der Waals surface area (Å²) in [7, 11) is -2.48. The second kappa shape index (κ2) is 9.19. The predicted octanol–water partition coefficient (Wildman–Crippen LogP) is 1.17. The van der Waals surface area contributed by atoms with Crippen molar-refractivity contribution in [2.24, 2.45) is 11.8 Å². The summed E-state index contributed by atoms with van der Waals surface area (Å²) >= 11 is 0. The normalized spacial score (nSPS) is 26.0. The molecule has 0 bridgehead atoms. The second-order valence-corrected chi connectivity index (χ2v) is 9.68. The van der Waals surface area contributed by atoms with Crippen LogP contribution >= 0.6 is 12.4 Å². The summed E-state index contributed by atoms with van der Waals surface area (Å²) < 4.78 is 36.9. The highest BCUT2D eigenvalue weighted by Crippen LogP contribution is 2.37. The van der Waals surface area contributed by atoms with Crippen LogP contribution in [0, 0.1) is 11.8 Å². The largest absolute Gasteiger partial charge is 0.468 e. The highest BCUT2D eigenvalue weighted by atomic mass is 35.5. The molecule has 0 aromatic rings. The van der Waals surface area contributed by atoms with Gasteiger partial charge in [-0.1, -0.05) is 0 Å². The van der Waals surface area contributed by atoms with Gasteiger partial charge >= 0.3 is 5.97 Å². The molecule has 7 nitrogen and oxygen atoms in total. The van der Waals surface area contributed by atoms with Crippen LogP contribution in [-0.4, -0.2) is 69.9 Å². The van der Waals surface area contributed by atoms with Crippen molar-refractivity contribution in [2.75, 3.05) is 46.5 Å². The molecule has 3 fully saturated rings. The summed E-state index contributed by atoms with van der Waals surface area (Å²) in [6.45, 7) is 3.70. The Labute approximate surface area is 162 Å². The molecule has 26 heavy (non-hydrogen) atoms. The fraction of sp³-hybridized carbons (Fsp3) is 0.941. The second-order valence-electron chi connectivity index (χ2n) is 7.43. The van der Waals surface area contributed by atoms with Gasteiger partial charge in [0.2, 0.25) is 10.0 Å². The molecule has 0 aromatic heterocycles. The molecule has 0 saturated carbocycles. The Hall–Kier alpha value is -0.410. The van der Waals surface area contributed by atoms with E-state index in [2.05, 4.69) is 5.32 Å². The van der Waals surface area contributed by atoms with Gasteiger partial charge in [-0.05, 0) is 50.6 Å². The first-order valence-corrected chi connectivity index (χ1v) is 10.8. The number of piperidine rings is 2. The Balaban J connectivity index is 0.00000243. The Morgan fingerprint density at radius 1 is 1.08 bits per heavy atom. The van der Waals surface area contributed by atoms with E-state index in [-0.39, 0.29) is 38.5 Å². The van der Waals surface area contributed by atoms with Gasteiger partial charge < -0.3 is 14.8 Å². The van der Waals surface area contributed by atoms with E-state index in [1.165, 1.54) is 24.3 Å². The molecule has 0 amide bonds. The lowest BCUT2D eigenvalue weighted by atomic mass is 9.79. The number of hydrogen-bond donors (Lipinski definition) is 1. The van der Waals surface area contributed by atoms with Crippen molar-refractivity contribution >= 4 is 28.4 Å². The lowest BCUT2D eigenvalue weighted by Gasteiger charge is -2.42. The molecule has 1 N–H and O–H groups in total. The third-order valence-electron chi connectivity index (χ3n) is 6.24. The predicted molar refractivity (Wildman–Crippen MR) is 101 cm³/mol. The molecule has 3 rings (SSSR count). The van der Waals surface area contributed by atoms with Crippen LogP contribution < -0.4 is 5.32 Å². The first-order chi connectivity index (χ1) is 12.0. The van der Waals surface area contributed by atoms with Crippen LogP contribution in [0.15, 0.2) is 0 Å². The summed E-state index contributed by atoms with van der Waals surface area (Å²) in [4.78, 5) is 12.4. The maximum absolute atomic E-state index is 13.3. The van der Waals surface area contributed by atoms with Crippen molar-refractivity contribution in [2.45, 2.75) is 43.3 Å². The number of hydrogen-bond acceptors (Lipinski definition) is 6. The molecule has 0 unspecified atom stereocenters. The molecule has 3 aliphatic rings. The van der Waals surface area contributed by atoms with Crippen LogP contribution in [0.25, 0.3) is 0 Å². The zero-order valence-corrected chi connectivity index (χ0v) is 17.1. The number of nitrogens with one attached hydrogen (secondary N) is 1. The van der Waals surface area contributed by atoms with Crippen molar-refractivity contribution in [3.8, 4) is 0 Å². The standard InChI is InChI=1S/C17H30N2O5S.ClH/c1-23-16(20)17(6-12-24-13-7-17)25(21,22)19-10-4-15(5-11-19)14-2-8-18-9-3-14;/h14-15,18H,2-13H2,1H3;1H. The van der Waals surface area contributed by atoms with Gasteiger partial charge in [-0.2, -0.15) is 0 Å². The van der Waals surface area contributed by atoms with Crippen LogP contribution in [0.4, 0.5) is 0 Å². The van der Waals surface area contributed by atoms with Gasteiger partial charge in [-0.3, -0.25) is 4.79 Å². The zero-order valence-electron chi connectivity index (χ0n) is 15.4.